The molecule has 1 aromatic carbocycles. The van der Waals surface area contributed by atoms with E-state index in [-0.39, 0.29) is 23.4 Å². The normalized spacial score (nSPS) is 16.2. The Morgan fingerprint density at radius 3 is 2.81 bits per heavy atom. The summed E-state index contributed by atoms with van der Waals surface area (Å²) in [5.41, 5.74) is 4.28. The number of hydrogen-bond donors (Lipinski definition) is 1. The molecule has 5 rings (SSSR count). The second-order valence-electron chi connectivity index (χ2n) is 8.00. The van der Waals surface area contributed by atoms with Crippen molar-refractivity contribution in [3.05, 3.63) is 53.4 Å². The molecule has 2 amide bonds. The van der Waals surface area contributed by atoms with E-state index in [1.807, 2.05) is 22.4 Å². The number of amides is 2. The summed E-state index contributed by atoms with van der Waals surface area (Å²) in [6, 6.07) is 6.20. The lowest BCUT2D eigenvalue weighted by atomic mass is 9.96. The molecule has 0 unspecified atom stereocenters. The summed E-state index contributed by atoms with van der Waals surface area (Å²) in [5.74, 6) is 0.138. The van der Waals surface area contributed by atoms with Crippen molar-refractivity contribution in [1.29, 1.82) is 0 Å². The summed E-state index contributed by atoms with van der Waals surface area (Å²) in [7, 11) is 0. The number of benzene rings is 1. The van der Waals surface area contributed by atoms with Crippen molar-refractivity contribution in [3.63, 3.8) is 0 Å². The highest BCUT2D eigenvalue weighted by atomic mass is 32.1. The second-order valence-corrected chi connectivity index (χ2v) is 8.86. The van der Waals surface area contributed by atoms with Gasteiger partial charge in [0.25, 0.3) is 5.91 Å². The molecule has 0 saturated heterocycles. The van der Waals surface area contributed by atoms with Gasteiger partial charge in [-0.1, -0.05) is 18.9 Å². The maximum Gasteiger partial charge on any atom is 0.277 e. The van der Waals surface area contributed by atoms with Gasteiger partial charge in [-0.2, -0.15) is 0 Å². The quantitative estimate of drug-likeness (QED) is 0.662. The van der Waals surface area contributed by atoms with Gasteiger partial charge in [0, 0.05) is 41.5 Å². The number of aromatic nitrogens is 3. The average molecular weight is 434 g/mol. The van der Waals surface area contributed by atoms with Crippen molar-refractivity contribution in [3.8, 4) is 11.3 Å². The van der Waals surface area contributed by atoms with Gasteiger partial charge in [0.2, 0.25) is 5.91 Å². The molecule has 0 radical (unpaired) electrons. The van der Waals surface area contributed by atoms with Crippen LogP contribution in [0.2, 0.25) is 0 Å². The first-order valence-electron chi connectivity index (χ1n) is 10.7. The van der Waals surface area contributed by atoms with Gasteiger partial charge in [-0.25, -0.2) is 9.97 Å². The van der Waals surface area contributed by atoms with Crippen LogP contribution in [0.15, 0.2) is 42.2 Å². The molecular formula is C23H23N5O2S. The summed E-state index contributed by atoms with van der Waals surface area (Å²) >= 11 is 1.37. The van der Waals surface area contributed by atoms with E-state index in [2.05, 4.69) is 26.3 Å². The van der Waals surface area contributed by atoms with Gasteiger partial charge >= 0.3 is 0 Å². The first kappa shape index (κ1) is 19.8. The Hall–Kier alpha value is -3.13. The van der Waals surface area contributed by atoms with E-state index in [4.69, 9.17) is 0 Å². The van der Waals surface area contributed by atoms with Crippen LogP contribution in [0.1, 0.15) is 48.2 Å². The second kappa shape index (κ2) is 8.55. The molecule has 1 saturated carbocycles. The number of nitrogens with one attached hydrogen (secondary N) is 1. The fourth-order valence-corrected chi connectivity index (χ4v) is 5.13. The molecule has 8 heteroatoms. The predicted molar refractivity (Wildman–Crippen MR) is 120 cm³/mol. The monoisotopic (exact) mass is 433 g/mol. The van der Waals surface area contributed by atoms with E-state index in [1.165, 1.54) is 35.5 Å². The number of anilines is 2. The standard InChI is InChI=1S/C23H23N5O2S/c29-21(18-13-24-9-10-25-18)27-23-26-19(14-31-23)16-7-8-20-17(12-16)6-3-11-28(20)22(30)15-4-1-2-5-15/h7-10,12-15H,1-6,11H2,(H,26,27,29). The molecule has 31 heavy (non-hydrogen) atoms. The smallest absolute Gasteiger partial charge is 0.277 e. The lowest BCUT2D eigenvalue weighted by Gasteiger charge is -2.31. The third kappa shape index (κ3) is 4.07. The van der Waals surface area contributed by atoms with Gasteiger partial charge in [0.1, 0.15) is 5.69 Å². The van der Waals surface area contributed by atoms with Crippen molar-refractivity contribution < 1.29 is 9.59 Å². The molecule has 0 atom stereocenters. The lowest BCUT2D eigenvalue weighted by Crippen LogP contribution is -2.39. The Morgan fingerprint density at radius 1 is 1.13 bits per heavy atom. The third-order valence-corrected chi connectivity index (χ3v) is 6.74. The zero-order valence-electron chi connectivity index (χ0n) is 17.1. The van der Waals surface area contributed by atoms with Crippen LogP contribution in [-0.2, 0) is 11.2 Å². The van der Waals surface area contributed by atoms with Crippen molar-refractivity contribution in [2.75, 3.05) is 16.8 Å². The van der Waals surface area contributed by atoms with Crippen LogP contribution >= 0.6 is 11.3 Å². The van der Waals surface area contributed by atoms with Gasteiger partial charge in [0.05, 0.1) is 11.9 Å². The van der Waals surface area contributed by atoms with Crippen LogP contribution in [0, 0.1) is 5.92 Å². The highest BCUT2D eigenvalue weighted by Gasteiger charge is 2.30. The third-order valence-electron chi connectivity index (χ3n) is 5.98. The highest BCUT2D eigenvalue weighted by Crippen LogP contribution is 2.35. The fraction of sp³-hybridized carbons (Fsp3) is 0.348. The lowest BCUT2D eigenvalue weighted by molar-refractivity contribution is -0.122. The van der Waals surface area contributed by atoms with E-state index in [0.717, 1.165) is 62.0 Å². The highest BCUT2D eigenvalue weighted by molar-refractivity contribution is 7.14. The van der Waals surface area contributed by atoms with Crippen LogP contribution in [0.5, 0.6) is 0 Å². The molecule has 0 bridgehead atoms. The summed E-state index contributed by atoms with van der Waals surface area (Å²) < 4.78 is 0. The number of carbonyl (C=O) groups is 2. The Kier molecular flexibility index (Phi) is 5.46. The predicted octanol–water partition coefficient (Wildman–Crippen LogP) is 4.32. The number of nitrogens with zero attached hydrogens (tertiary/aromatic N) is 4. The van der Waals surface area contributed by atoms with Gasteiger partial charge in [0.15, 0.2) is 5.13 Å². The number of carbonyl (C=O) groups excluding carboxylic acids is 2. The van der Waals surface area contributed by atoms with Crippen molar-refractivity contribution in [1.82, 2.24) is 15.0 Å². The molecule has 1 fully saturated rings. The van der Waals surface area contributed by atoms with E-state index in [9.17, 15) is 9.59 Å². The summed E-state index contributed by atoms with van der Waals surface area (Å²) in [4.78, 5) is 39.8. The molecule has 2 aromatic heterocycles. The Bertz CT molecular complexity index is 1110. The number of hydrogen-bond acceptors (Lipinski definition) is 6. The summed E-state index contributed by atoms with van der Waals surface area (Å²) in [5, 5.41) is 5.22. The summed E-state index contributed by atoms with van der Waals surface area (Å²) in [6.07, 6.45) is 10.7. The molecule has 0 spiro atoms. The molecule has 158 valence electrons. The molecular weight excluding hydrogens is 410 g/mol. The Labute approximate surface area is 184 Å². The minimum Gasteiger partial charge on any atom is -0.312 e. The maximum atomic E-state index is 13.0. The van der Waals surface area contributed by atoms with Crippen LogP contribution in [0.4, 0.5) is 10.8 Å². The van der Waals surface area contributed by atoms with Gasteiger partial charge in [-0.05, 0) is 43.4 Å². The van der Waals surface area contributed by atoms with Gasteiger partial charge < -0.3 is 4.90 Å². The van der Waals surface area contributed by atoms with Crippen LogP contribution in [-0.4, -0.2) is 33.3 Å². The molecule has 3 aromatic rings. The SMILES string of the molecule is O=C(Nc1nc(-c2ccc3c(c2)CCCN3C(=O)C2CCCC2)cs1)c1cnccn1. The molecule has 1 aliphatic heterocycles. The average Bonchev–Trinajstić information content (AvgIpc) is 3.51. The number of aryl methyl sites for hydroxylation is 1. The van der Waals surface area contributed by atoms with Gasteiger partial charge in [-0.15, -0.1) is 11.3 Å². The molecule has 2 aliphatic rings. The maximum absolute atomic E-state index is 13.0. The summed E-state index contributed by atoms with van der Waals surface area (Å²) in [6.45, 7) is 0.803. The van der Waals surface area contributed by atoms with Crippen LogP contribution in [0.3, 0.4) is 0 Å². The number of rotatable bonds is 4. The van der Waals surface area contributed by atoms with Crippen molar-refractivity contribution in [2.45, 2.75) is 38.5 Å². The van der Waals surface area contributed by atoms with E-state index in [1.54, 1.807) is 0 Å². The molecule has 7 nitrogen and oxygen atoms in total. The van der Waals surface area contributed by atoms with Gasteiger partial charge in [-0.3, -0.25) is 19.9 Å². The minimum atomic E-state index is -0.333. The fourth-order valence-electron chi connectivity index (χ4n) is 4.42. The molecule has 1 N–H and O–H groups in total. The largest absolute Gasteiger partial charge is 0.312 e. The van der Waals surface area contributed by atoms with E-state index < -0.39 is 0 Å². The topological polar surface area (TPSA) is 88.1 Å². The zero-order chi connectivity index (χ0) is 21.2. The number of thiazole rings is 1. The van der Waals surface area contributed by atoms with Crippen molar-refractivity contribution in [2.24, 2.45) is 5.92 Å². The first-order valence-corrected chi connectivity index (χ1v) is 11.5. The minimum absolute atomic E-state index is 0.185. The number of fused-ring (bicyclic) bond motifs is 1. The van der Waals surface area contributed by atoms with Crippen LogP contribution in [0.25, 0.3) is 11.3 Å². The van der Waals surface area contributed by atoms with Crippen molar-refractivity contribution >= 4 is 34.0 Å². The van der Waals surface area contributed by atoms with E-state index in [0.29, 0.717) is 5.13 Å². The molecule has 3 heterocycles. The Morgan fingerprint density at radius 2 is 2.00 bits per heavy atom. The first-order chi connectivity index (χ1) is 15.2. The van der Waals surface area contributed by atoms with Crippen LogP contribution < -0.4 is 10.2 Å². The zero-order valence-corrected chi connectivity index (χ0v) is 17.9. The van der Waals surface area contributed by atoms with E-state index >= 15 is 0 Å². The molecule has 1 aliphatic carbocycles. The Balaban J connectivity index is 1.34.